The summed E-state index contributed by atoms with van der Waals surface area (Å²) in [6, 6.07) is 24.2. The number of rotatable bonds is 3. The first-order valence-electron chi connectivity index (χ1n) is 7.58. The van der Waals surface area contributed by atoms with Crippen LogP contribution in [0.4, 0.5) is 0 Å². The van der Waals surface area contributed by atoms with E-state index >= 15 is 0 Å². The Kier molecular flexibility index (Phi) is 3.31. The molecule has 0 fully saturated rings. The van der Waals surface area contributed by atoms with Crippen molar-refractivity contribution in [2.75, 3.05) is 0 Å². The number of hydrogen-bond donors (Lipinski definition) is 1. The second-order valence-corrected chi connectivity index (χ2v) is 5.49. The lowest BCUT2D eigenvalue weighted by Gasteiger charge is -2.11. The summed E-state index contributed by atoms with van der Waals surface area (Å²) in [5.41, 5.74) is 4.20. The number of ether oxygens (including phenoxy) is 1. The van der Waals surface area contributed by atoms with Crippen LogP contribution in [0.25, 0.3) is 22.0 Å². The van der Waals surface area contributed by atoms with E-state index in [0.717, 1.165) is 39.2 Å². The smallest absolute Gasteiger partial charge is 0.135 e. The number of nitrogens with zero attached hydrogens (tertiary/aromatic N) is 1. The van der Waals surface area contributed by atoms with E-state index in [0.29, 0.717) is 0 Å². The summed E-state index contributed by atoms with van der Waals surface area (Å²) in [5, 5.41) is 8.53. The molecule has 0 aliphatic rings. The topological polar surface area (TPSA) is 37.9 Å². The van der Waals surface area contributed by atoms with Crippen LogP contribution < -0.4 is 4.74 Å². The Morgan fingerprint density at radius 3 is 2.52 bits per heavy atom. The zero-order valence-electron chi connectivity index (χ0n) is 12.8. The number of nitrogens with one attached hydrogen (secondary N) is 1. The van der Waals surface area contributed by atoms with Crippen LogP contribution in [0.5, 0.6) is 11.5 Å². The van der Waals surface area contributed by atoms with Gasteiger partial charge in [0.1, 0.15) is 11.5 Å². The van der Waals surface area contributed by atoms with Gasteiger partial charge in [-0.25, -0.2) is 0 Å². The molecule has 0 saturated heterocycles. The van der Waals surface area contributed by atoms with Crippen molar-refractivity contribution in [2.45, 2.75) is 6.92 Å². The first-order valence-corrected chi connectivity index (χ1v) is 7.58. The highest BCUT2D eigenvalue weighted by molar-refractivity contribution is 5.87. The maximum Gasteiger partial charge on any atom is 0.135 e. The number of benzene rings is 3. The number of aromatic nitrogens is 2. The lowest BCUT2D eigenvalue weighted by Crippen LogP contribution is -1.88. The molecule has 3 aromatic carbocycles. The minimum absolute atomic E-state index is 0.830. The van der Waals surface area contributed by atoms with Crippen LogP contribution in [0, 0.1) is 6.92 Å². The molecule has 1 N–H and O–H groups in total. The number of aromatic amines is 1. The molecule has 0 amide bonds. The van der Waals surface area contributed by atoms with Gasteiger partial charge in [0.2, 0.25) is 0 Å². The van der Waals surface area contributed by atoms with Crippen molar-refractivity contribution >= 4 is 10.9 Å². The Bertz CT molecular complexity index is 958. The summed E-state index contributed by atoms with van der Waals surface area (Å²) < 4.78 is 6.05. The zero-order chi connectivity index (χ0) is 15.6. The summed E-state index contributed by atoms with van der Waals surface area (Å²) in [4.78, 5) is 0. The van der Waals surface area contributed by atoms with Crippen molar-refractivity contribution < 1.29 is 4.74 Å². The predicted octanol–water partition coefficient (Wildman–Crippen LogP) is 5.33. The molecular formula is C20H16N2O. The van der Waals surface area contributed by atoms with Gasteiger partial charge in [-0.15, -0.1) is 0 Å². The normalized spacial score (nSPS) is 10.8. The predicted molar refractivity (Wildman–Crippen MR) is 92.8 cm³/mol. The molecule has 0 bridgehead atoms. The maximum absolute atomic E-state index is 6.05. The molecule has 0 atom stereocenters. The molecule has 23 heavy (non-hydrogen) atoms. The van der Waals surface area contributed by atoms with Crippen LogP contribution in [-0.4, -0.2) is 10.2 Å². The number of aryl methyl sites for hydroxylation is 1. The standard InChI is InChI=1S/C20H16N2O/c1-14-17-12-11-15(13-19(17)22-21-14)18-9-5-6-10-20(18)23-16-7-3-2-4-8-16/h2-13H,1H3,(H,21,22). The minimum Gasteiger partial charge on any atom is -0.457 e. The Hall–Kier alpha value is -3.07. The van der Waals surface area contributed by atoms with Crippen molar-refractivity contribution in [1.82, 2.24) is 10.2 Å². The van der Waals surface area contributed by atoms with Gasteiger partial charge in [-0.05, 0) is 36.8 Å². The van der Waals surface area contributed by atoms with E-state index in [1.165, 1.54) is 0 Å². The molecule has 3 nitrogen and oxygen atoms in total. The van der Waals surface area contributed by atoms with Crippen LogP contribution in [0.15, 0.2) is 72.8 Å². The average Bonchev–Trinajstić information content (AvgIpc) is 2.97. The fourth-order valence-electron chi connectivity index (χ4n) is 2.72. The SMILES string of the molecule is Cc1[nH]nc2cc(-c3ccccc3Oc3ccccc3)ccc12. The van der Waals surface area contributed by atoms with Gasteiger partial charge in [0.15, 0.2) is 0 Å². The summed E-state index contributed by atoms with van der Waals surface area (Å²) >= 11 is 0. The highest BCUT2D eigenvalue weighted by Gasteiger charge is 2.09. The van der Waals surface area contributed by atoms with Gasteiger partial charge in [-0.2, -0.15) is 5.10 Å². The second kappa shape index (κ2) is 5.61. The number of para-hydroxylation sites is 2. The van der Waals surface area contributed by atoms with Gasteiger partial charge in [0, 0.05) is 16.6 Å². The molecular weight excluding hydrogens is 284 g/mol. The number of hydrogen-bond acceptors (Lipinski definition) is 2. The average molecular weight is 300 g/mol. The monoisotopic (exact) mass is 300 g/mol. The van der Waals surface area contributed by atoms with Crippen LogP contribution in [0.2, 0.25) is 0 Å². The van der Waals surface area contributed by atoms with Crippen molar-refractivity contribution in [3.8, 4) is 22.6 Å². The third kappa shape index (κ3) is 2.57. The van der Waals surface area contributed by atoms with Gasteiger partial charge in [-0.1, -0.05) is 48.5 Å². The lowest BCUT2D eigenvalue weighted by molar-refractivity contribution is 0.484. The van der Waals surface area contributed by atoms with E-state index in [2.05, 4.69) is 34.5 Å². The molecule has 4 rings (SSSR count). The number of H-pyrrole nitrogens is 1. The third-order valence-electron chi connectivity index (χ3n) is 3.91. The summed E-state index contributed by atoms with van der Waals surface area (Å²) in [6.07, 6.45) is 0. The summed E-state index contributed by atoms with van der Waals surface area (Å²) in [5.74, 6) is 1.67. The lowest BCUT2D eigenvalue weighted by atomic mass is 10.0. The van der Waals surface area contributed by atoms with Crippen molar-refractivity contribution in [3.63, 3.8) is 0 Å². The van der Waals surface area contributed by atoms with Crippen LogP contribution in [-0.2, 0) is 0 Å². The van der Waals surface area contributed by atoms with Gasteiger partial charge < -0.3 is 4.74 Å². The van der Waals surface area contributed by atoms with E-state index in [1.54, 1.807) is 0 Å². The zero-order valence-corrected chi connectivity index (χ0v) is 12.8. The van der Waals surface area contributed by atoms with E-state index in [1.807, 2.05) is 55.5 Å². The molecule has 1 heterocycles. The van der Waals surface area contributed by atoms with Crippen LogP contribution >= 0.6 is 0 Å². The van der Waals surface area contributed by atoms with E-state index < -0.39 is 0 Å². The van der Waals surface area contributed by atoms with E-state index in [-0.39, 0.29) is 0 Å². The van der Waals surface area contributed by atoms with Gasteiger partial charge in [0.05, 0.1) is 5.52 Å². The van der Waals surface area contributed by atoms with Gasteiger partial charge >= 0.3 is 0 Å². The van der Waals surface area contributed by atoms with Gasteiger partial charge in [0.25, 0.3) is 0 Å². The van der Waals surface area contributed by atoms with E-state index in [4.69, 9.17) is 4.74 Å². The molecule has 0 radical (unpaired) electrons. The first kappa shape index (κ1) is 13.6. The summed E-state index contributed by atoms with van der Waals surface area (Å²) in [7, 11) is 0. The molecule has 1 aromatic heterocycles. The molecule has 112 valence electrons. The largest absolute Gasteiger partial charge is 0.457 e. The molecule has 4 aromatic rings. The van der Waals surface area contributed by atoms with Gasteiger partial charge in [-0.3, -0.25) is 5.10 Å². The highest BCUT2D eigenvalue weighted by Crippen LogP contribution is 2.34. The fourth-order valence-corrected chi connectivity index (χ4v) is 2.72. The maximum atomic E-state index is 6.05. The molecule has 0 unspecified atom stereocenters. The Labute approximate surface area is 134 Å². The molecule has 0 spiro atoms. The highest BCUT2D eigenvalue weighted by atomic mass is 16.5. The van der Waals surface area contributed by atoms with Crippen molar-refractivity contribution in [1.29, 1.82) is 0 Å². The molecule has 0 aliphatic heterocycles. The van der Waals surface area contributed by atoms with E-state index in [9.17, 15) is 0 Å². The van der Waals surface area contributed by atoms with Crippen molar-refractivity contribution in [2.24, 2.45) is 0 Å². The summed E-state index contributed by atoms with van der Waals surface area (Å²) in [6.45, 7) is 2.03. The van der Waals surface area contributed by atoms with Crippen LogP contribution in [0.1, 0.15) is 5.69 Å². The molecule has 0 aliphatic carbocycles. The van der Waals surface area contributed by atoms with Crippen molar-refractivity contribution in [3.05, 3.63) is 78.5 Å². The van der Waals surface area contributed by atoms with Crippen LogP contribution in [0.3, 0.4) is 0 Å². The Balaban J connectivity index is 1.78. The Morgan fingerprint density at radius 1 is 0.870 bits per heavy atom. The Morgan fingerprint density at radius 2 is 1.65 bits per heavy atom. The molecule has 3 heteroatoms. The quantitative estimate of drug-likeness (QED) is 0.555. The number of fused-ring (bicyclic) bond motifs is 1. The fraction of sp³-hybridized carbons (Fsp3) is 0.0500. The molecule has 0 saturated carbocycles. The third-order valence-corrected chi connectivity index (χ3v) is 3.91. The first-order chi connectivity index (χ1) is 11.3. The second-order valence-electron chi connectivity index (χ2n) is 5.49. The minimum atomic E-state index is 0.830.